The van der Waals surface area contributed by atoms with Gasteiger partial charge in [0.05, 0.1) is 6.61 Å². The third kappa shape index (κ3) is 5.86. The van der Waals surface area contributed by atoms with Gasteiger partial charge in [0.2, 0.25) is 0 Å². The van der Waals surface area contributed by atoms with E-state index in [-0.39, 0.29) is 6.04 Å². The van der Waals surface area contributed by atoms with Crippen LogP contribution in [0.3, 0.4) is 0 Å². The van der Waals surface area contributed by atoms with Gasteiger partial charge in [0, 0.05) is 12.6 Å². The first kappa shape index (κ1) is 16.7. The molecule has 0 aromatic heterocycles. The van der Waals surface area contributed by atoms with Gasteiger partial charge in [0.25, 0.3) is 0 Å². The van der Waals surface area contributed by atoms with Crippen molar-refractivity contribution >= 4 is 12.0 Å². The first-order valence-corrected chi connectivity index (χ1v) is 6.34. The highest BCUT2D eigenvalue weighted by molar-refractivity contribution is 5.82. The summed E-state index contributed by atoms with van der Waals surface area (Å²) in [6.45, 7) is 5.81. The summed E-state index contributed by atoms with van der Waals surface area (Å²) in [5, 5.41) is 19.9. The van der Waals surface area contributed by atoms with Crippen LogP contribution in [0.2, 0.25) is 0 Å². The lowest BCUT2D eigenvalue weighted by Gasteiger charge is -2.28. The molecule has 0 heterocycles. The molecule has 0 aromatic carbocycles. The van der Waals surface area contributed by atoms with Crippen LogP contribution in [0.25, 0.3) is 0 Å². The van der Waals surface area contributed by atoms with Crippen LogP contribution in [0.4, 0.5) is 4.79 Å². The minimum absolute atomic E-state index is 0.00464. The van der Waals surface area contributed by atoms with Crippen LogP contribution in [0.1, 0.15) is 40.0 Å². The number of hydrogen-bond donors (Lipinski definition) is 3. The lowest BCUT2D eigenvalue weighted by atomic mass is 10.2. The van der Waals surface area contributed by atoms with Crippen LogP contribution >= 0.6 is 0 Å². The highest BCUT2D eigenvalue weighted by Gasteiger charge is 2.23. The van der Waals surface area contributed by atoms with Gasteiger partial charge in [-0.1, -0.05) is 19.8 Å². The van der Waals surface area contributed by atoms with Crippen molar-refractivity contribution < 1.29 is 19.8 Å². The van der Waals surface area contributed by atoms with Crippen LogP contribution in [-0.2, 0) is 4.79 Å². The number of unbranched alkanes of at least 4 members (excludes halogenated alkanes) is 2. The van der Waals surface area contributed by atoms with Crippen molar-refractivity contribution in [2.24, 2.45) is 0 Å². The highest BCUT2D eigenvalue weighted by Crippen LogP contribution is 2.04. The molecule has 0 spiro atoms. The van der Waals surface area contributed by atoms with Gasteiger partial charge in [-0.15, -0.1) is 0 Å². The number of hydrogen-bond acceptors (Lipinski definition) is 3. The molecule has 0 aromatic rings. The predicted molar refractivity (Wildman–Crippen MR) is 68.4 cm³/mol. The Labute approximate surface area is 108 Å². The summed E-state index contributed by atoms with van der Waals surface area (Å²) in [7, 11) is 0. The van der Waals surface area contributed by atoms with Crippen molar-refractivity contribution in [1.82, 2.24) is 10.2 Å². The van der Waals surface area contributed by atoms with Crippen LogP contribution in [0, 0.1) is 0 Å². The maximum atomic E-state index is 11.9. The van der Waals surface area contributed by atoms with E-state index in [1.54, 1.807) is 4.90 Å². The molecule has 0 rings (SSSR count). The highest BCUT2D eigenvalue weighted by atomic mass is 16.4. The second kappa shape index (κ2) is 8.74. The molecule has 0 radical (unpaired) electrons. The monoisotopic (exact) mass is 260 g/mol. The lowest BCUT2D eigenvalue weighted by molar-refractivity contribution is -0.140. The Morgan fingerprint density at radius 2 is 1.89 bits per heavy atom. The fourth-order valence-electron chi connectivity index (χ4n) is 1.54. The Balaban J connectivity index is 4.42. The third-order valence-corrected chi connectivity index (χ3v) is 2.67. The minimum atomic E-state index is -1.25. The fourth-order valence-corrected chi connectivity index (χ4v) is 1.54. The number of aliphatic carboxylic acids is 1. The number of carbonyl (C=O) groups is 2. The molecular formula is C12H24N2O4. The molecule has 3 N–H and O–H groups in total. The molecule has 0 fully saturated rings. The van der Waals surface area contributed by atoms with Gasteiger partial charge in [0.15, 0.2) is 6.04 Å². The molecule has 0 aliphatic heterocycles. The molecular weight excluding hydrogens is 236 g/mol. The predicted octanol–water partition coefficient (Wildman–Crippen LogP) is 1.04. The molecule has 106 valence electrons. The number of aliphatic hydroxyl groups is 1. The van der Waals surface area contributed by atoms with Crippen LogP contribution in [0.5, 0.6) is 0 Å². The van der Waals surface area contributed by atoms with E-state index in [0.29, 0.717) is 6.54 Å². The van der Waals surface area contributed by atoms with E-state index in [1.165, 1.54) is 0 Å². The van der Waals surface area contributed by atoms with E-state index in [0.717, 1.165) is 19.3 Å². The fraction of sp³-hybridized carbons (Fsp3) is 0.833. The molecule has 6 nitrogen and oxygen atoms in total. The maximum absolute atomic E-state index is 11.9. The molecule has 6 heteroatoms. The zero-order chi connectivity index (χ0) is 14.1. The number of urea groups is 1. The van der Waals surface area contributed by atoms with Crippen molar-refractivity contribution in [3.8, 4) is 0 Å². The first-order valence-electron chi connectivity index (χ1n) is 6.34. The molecule has 2 amide bonds. The average Bonchev–Trinajstić information content (AvgIpc) is 2.30. The Bertz CT molecular complexity index is 269. The molecule has 0 saturated carbocycles. The van der Waals surface area contributed by atoms with Gasteiger partial charge in [-0.3, -0.25) is 0 Å². The number of carboxylic acids is 1. The van der Waals surface area contributed by atoms with Gasteiger partial charge < -0.3 is 20.4 Å². The van der Waals surface area contributed by atoms with E-state index < -0.39 is 24.6 Å². The quantitative estimate of drug-likeness (QED) is 0.569. The Morgan fingerprint density at radius 1 is 1.28 bits per heavy atom. The molecule has 0 bridgehead atoms. The van der Waals surface area contributed by atoms with Crippen molar-refractivity contribution in [2.75, 3.05) is 13.2 Å². The number of rotatable bonds is 8. The number of nitrogens with zero attached hydrogens (tertiary/aromatic N) is 1. The second-order valence-electron chi connectivity index (χ2n) is 4.52. The lowest BCUT2D eigenvalue weighted by Crippen LogP contribution is -2.51. The number of nitrogens with one attached hydrogen (secondary N) is 1. The summed E-state index contributed by atoms with van der Waals surface area (Å²) in [5.74, 6) is -1.23. The average molecular weight is 260 g/mol. The standard InChI is InChI=1S/C12H24N2O4/c1-4-5-6-7-14(9(2)3)12(18)13-10(8-15)11(16)17/h9-10,15H,4-8H2,1-3H3,(H,13,18)(H,16,17)/t10-/m0/s1. The normalized spacial score (nSPS) is 12.3. The topological polar surface area (TPSA) is 89.9 Å². The zero-order valence-electron chi connectivity index (χ0n) is 11.3. The van der Waals surface area contributed by atoms with Crippen LogP contribution in [0.15, 0.2) is 0 Å². The Hall–Kier alpha value is -1.30. The van der Waals surface area contributed by atoms with Gasteiger partial charge >= 0.3 is 12.0 Å². The van der Waals surface area contributed by atoms with E-state index in [1.807, 2.05) is 13.8 Å². The molecule has 0 saturated heterocycles. The molecule has 18 heavy (non-hydrogen) atoms. The Morgan fingerprint density at radius 3 is 2.28 bits per heavy atom. The number of amides is 2. The van der Waals surface area contributed by atoms with Gasteiger partial charge in [-0.2, -0.15) is 0 Å². The van der Waals surface area contributed by atoms with Crippen molar-refractivity contribution in [3.63, 3.8) is 0 Å². The van der Waals surface area contributed by atoms with Crippen molar-refractivity contribution in [1.29, 1.82) is 0 Å². The summed E-state index contributed by atoms with van der Waals surface area (Å²) in [4.78, 5) is 24.2. The van der Waals surface area contributed by atoms with Gasteiger partial charge in [-0.05, 0) is 20.3 Å². The van der Waals surface area contributed by atoms with Gasteiger partial charge in [0.1, 0.15) is 0 Å². The molecule has 0 aliphatic rings. The summed E-state index contributed by atoms with van der Waals surface area (Å²) in [5.41, 5.74) is 0. The minimum Gasteiger partial charge on any atom is -0.480 e. The Kier molecular flexibility index (Phi) is 8.11. The van der Waals surface area contributed by atoms with E-state index >= 15 is 0 Å². The maximum Gasteiger partial charge on any atom is 0.328 e. The first-order chi connectivity index (χ1) is 8.43. The summed E-state index contributed by atoms with van der Waals surface area (Å²) in [6, 6.07) is -1.69. The van der Waals surface area contributed by atoms with Crippen molar-refractivity contribution in [3.05, 3.63) is 0 Å². The zero-order valence-corrected chi connectivity index (χ0v) is 11.3. The van der Waals surface area contributed by atoms with E-state index in [4.69, 9.17) is 10.2 Å². The number of carbonyl (C=O) groups excluding carboxylic acids is 1. The summed E-state index contributed by atoms with van der Waals surface area (Å²) < 4.78 is 0. The smallest absolute Gasteiger partial charge is 0.328 e. The largest absolute Gasteiger partial charge is 0.480 e. The number of carboxylic acid groups (broad SMARTS) is 1. The summed E-state index contributed by atoms with van der Waals surface area (Å²) >= 11 is 0. The summed E-state index contributed by atoms with van der Waals surface area (Å²) in [6.07, 6.45) is 2.97. The molecule has 1 atom stereocenters. The van der Waals surface area contributed by atoms with Gasteiger partial charge in [-0.25, -0.2) is 9.59 Å². The van der Waals surface area contributed by atoms with Crippen LogP contribution in [-0.4, -0.2) is 52.3 Å². The third-order valence-electron chi connectivity index (χ3n) is 2.67. The van der Waals surface area contributed by atoms with Crippen molar-refractivity contribution in [2.45, 2.75) is 52.1 Å². The van der Waals surface area contributed by atoms with E-state index in [9.17, 15) is 9.59 Å². The second-order valence-corrected chi connectivity index (χ2v) is 4.52. The van der Waals surface area contributed by atoms with E-state index in [2.05, 4.69) is 12.2 Å². The SMILES string of the molecule is CCCCCN(C(=O)N[C@@H](CO)C(=O)O)C(C)C. The molecule has 0 unspecified atom stereocenters. The number of aliphatic hydroxyl groups excluding tert-OH is 1. The molecule has 0 aliphatic carbocycles. The van der Waals surface area contributed by atoms with Crippen LogP contribution < -0.4 is 5.32 Å².